The van der Waals surface area contributed by atoms with Crippen molar-refractivity contribution < 1.29 is 8.84 Å². The van der Waals surface area contributed by atoms with E-state index >= 15 is 0 Å². The highest BCUT2D eigenvalue weighted by atomic mass is 28.4. The summed E-state index contributed by atoms with van der Waals surface area (Å²) in [5, 5.41) is 0. The highest BCUT2D eigenvalue weighted by Gasteiger charge is 2.18. The van der Waals surface area contributed by atoms with Crippen LogP contribution in [-0.4, -0.2) is 14.5 Å². The van der Waals surface area contributed by atoms with Crippen LogP contribution in [0.25, 0.3) is 0 Å². The lowest BCUT2D eigenvalue weighted by Crippen LogP contribution is -2.29. The quantitative estimate of drug-likeness (QED) is 0.587. The van der Waals surface area contributed by atoms with Gasteiger partial charge in [-0.2, -0.15) is 0 Å². The lowest BCUT2D eigenvalue weighted by molar-refractivity contribution is 0.527. The van der Waals surface area contributed by atoms with Crippen molar-refractivity contribution >= 4 is 20.2 Å². The first-order valence-electron chi connectivity index (χ1n) is 6.79. The van der Waals surface area contributed by atoms with Crippen molar-refractivity contribution in [2.75, 3.05) is 0 Å². The van der Waals surface area contributed by atoms with Crippen LogP contribution in [0.2, 0.25) is 19.6 Å². The van der Waals surface area contributed by atoms with Gasteiger partial charge in [-0.15, -0.1) is 0 Å². The molecule has 3 nitrogen and oxygen atoms in total. The molecular weight excluding hydrogens is 266 g/mol. The first kappa shape index (κ1) is 14.6. The standard InChI is InChI=1S/C16H21NO2Si/c1-13-7-8-15(16(12-13)19-20(2,3)4)17-10-9-14-6-5-11-18-14/h5-8,10-12H,9H2,1-4H3. The van der Waals surface area contributed by atoms with Gasteiger partial charge in [0.25, 0.3) is 0 Å². The van der Waals surface area contributed by atoms with Gasteiger partial charge in [0.05, 0.1) is 6.26 Å². The zero-order valence-corrected chi connectivity index (χ0v) is 13.5. The predicted molar refractivity (Wildman–Crippen MR) is 85.7 cm³/mol. The number of furan rings is 1. The van der Waals surface area contributed by atoms with E-state index in [4.69, 9.17) is 8.84 Å². The molecule has 0 atom stereocenters. The fourth-order valence-corrected chi connectivity index (χ4v) is 2.63. The number of benzene rings is 1. The highest BCUT2D eigenvalue weighted by molar-refractivity contribution is 6.70. The van der Waals surface area contributed by atoms with E-state index in [1.165, 1.54) is 5.56 Å². The largest absolute Gasteiger partial charge is 0.543 e. The van der Waals surface area contributed by atoms with Gasteiger partial charge >= 0.3 is 0 Å². The molecule has 0 fully saturated rings. The SMILES string of the molecule is Cc1ccc(N=CCc2ccco2)c(O[Si](C)(C)C)c1. The lowest BCUT2D eigenvalue weighted by Gasteiger charge is -2.20. The van der Waals surface area contributed by atoms with Gasteiger partial charge < -0.3 is 8.84 Å². The normalized spacial score (nSPS) is 12.0. The van der Waals surface area contributed by atoms with E-state index in [1.54, 1.807) is 6.26 Å². The van der Waals surface area contributed by atoms with Crippen molar-refractivity contribution in [1.29, 1.82) is 0 Å². The highest BCUT2D eigenvalue weighted by Crippen LogP contribution is 2.30. The molecule has 0 unspecified atom stereocenters. The summed E-state index contributed by atoms with van der Waals surface area (Å²) in [6.07, 6.45) is 4.22. The molecule has 0 aliphatic heterocycles. The fourth-order valence-electron chi connectivity index (χ4n) is 1.80. The molecule has 0 spiro atoms. The van der Waals surface area contributed by atoms with Crippen molar-refractivity contribution in [1.82, 2.24) is 0 Å². The number of rotatable bonds is 5. The van der Waals surface area contributed by atoms with Crippen molar-refractivity contribution in [3.8, 4) is 5.75 Å². The van der Waals surface area contributed by atoms with Crippen LogP contribution in [0.1, 0.15) is 11.3 Å². The molecule has 0 saturated carbocycles. The molecule has 0 saturated heterocycles. The topological polar surface area (TPSA) is 34.7 Å². The van der Waals surface area contributed by atoms with Crippen molar-refractivity contribution in [3.05, 3.63) is 47.9 Å². The van der Waals surface area contributed by atoms with Crippen LogP contribution in [0.3, 0.4) is 0 Å². The Hall–Kier alpha value is -1.81. The predicted octanol–water partition coefficient (Wildman–Crippen LogP) is 4.75. The molecule has 2 aromatic rings. The van der Waals surface area contributed by atoms with Crippen LogP contribution >= 0.6 is 0 Å². The second-order valence-electron chi connectivity index (χ2n) is 5.78. The number of nitrogens with zero attached hydrogens (tertiary/aromatic N) is 1. The van der Waals surface area contributed by atoms with Gasteiger partial charge in [0, 0.05) is 12.6 Å². The Balaban J connectivity index is 2.16. The minimum Gasteiger partial charge on any atom is -0.543 e. The Labute approximate surface area is 121 Å². The first-order chi connectivity index (χ1) is 9.44. The van der Waals surface area contributed by atoms with Crippen LogP contribution in [0.4, 0.5) is 5.69 Å². The average Bonchev–Trinajstić information content (AvgIpc) is 2.83. The summed E-state index contributed by atoms with van der Waals surface area (Å²) in [5.74, 6) is 1.79. The van der Waals surface area contributed by atoms with Crippen LogP contribution in [-0.2, 0) is 6.42 Å². The van der Waals surface area contributed by atoms with E-state index in [1.807, 2.05) is 24.4 Å². The number of hydrogen-bond donors (Lipinski definition) is 0. The van der Waals surface area contributed by atoms with Crippen molar-refractivity contribution in [2.45, 2.75) is 33.0 Å². The molecule has 106 valence electrons. The monoisotopic (exact) mass is 287 g/mol. The summed E-state index contributed by atoms with van der Waals surface area (Å²) in [4.78, 5) is 4.52. The maximum Gasteiger partial charge on any atom is 0.242 e. The van der Waals surface area contributed by atoms with E-state index < -0.39 is 8.32 Å². The average molecular weight is 287 g/mol. The fraction of sp³-hybridized carbons (Fsp3) is 0.312. The lowest BCUT2D eigenvalue weighted by atomic mass is 10.2. The molecule has 0 radical (unpaired) electrons. The Bertz CT molecular complexity index is 583. The van der Waals surface area contributed by atoms with Gasteiger partial charge in [0.15, 0.2) is 0 Å². The zero-order valence-electron chi connectivity index (χ0n) is 12.5. The molecule has 1 aromatic carbocycles. The molecule has 20 heavy (non-hydrogen) atoms. The van der Waals surface area contributed by atoms with Gasteiger partial charge in [-0.05, 0) is 56.4 Å². The molecule has 1 aromatic heterocycles. The first-order valence-corrected chi connectivity index (χ1v) is 10.2. The number of hydrogen-bond acceptors (Lipinski definition) is 3. The molecule has 0 amide bonds. The van der Waals surface area contributed by atoms with E-state index in [0.717, 1.165) is 17.2 Å². The van der Waals surface area contributed by atoms with E-state index in [9.17, 15) is 0 Å². The summed E-state index contributed by atoms with van der Waals surface area (Å²) < 4.78 is 11.4. The van der Waals surface area contributed by atoms with Crippen molar-refractivity contribution in [3.63, 3.8) is 0 Å². The molecule has 4 heteroatoms. The summed E-state index contributed by atoms with van der Waals surface area (Å²) in [6, 6.07) is 9.94. The Kier molecular flexibility index (Phi) is 4.45. The Morgan fingerprint density at radius 2 is 2.05 bits per heavy atom. The van der Waals surface area contributed by atoms with Gasteiger partial charge in [-0.25, -0.2) is 0 Å². The minimum atomic E-state index is -1.64. The summed E-state index contributed by atoms with van der Waals surface area (Å²) in [6.45, 7) is 8.58. The second kappa shape index (κ2) is 6.09. The summed E-state index contributed by atoms with van der Waals surface area (Å²) in [5.41, 5.74) is 2.06. The Morgan fingerprint density at radius 1 is 1.25 bits per heavy atom. The van der Waals surface area contributed by atoms with Gasteiger partial charge in [0.2, 0.25) is 8.32 Å². The summed E-state index contributed by atoms with van der Waals surface area (Å²) in [7, 11) is -1.64. The maximum atomic E-state index is 6.10. The zero-order chi connectivity index (χ0) is 14.6. The molecule has 2 rings (SSSR count). The maximum absolute atomic E-state index is 6.10. The van der Waals surface area contributed by atoms with E-state index in [2.05, 4.69) is 43.7 Å². The van der Waals surface area contributed by atoms with Crippen LogP contribution < -0.4 is 4.43 Å². The van der Waals surface area contributed by atoms with Crippen LogP contribution in [0.15, 0.2) is 46.0 Å². The summed E-state index contributed by atoms with van der Waals surface area (Å²) >= 11 is 0. The number of aliphatic imine (C=N–C) groups is 1. The number of aryl methyl sites for hydroxylation is 1. The molecule has 1 heterocycles. The smallest absolute Gasteiger partial charge is 0.242 e. The van der Waals surface area contributed by atoms with E-state index in [0.29, 0.717) is 6.42 Å². The van der Waals surface area contributed by atoms with Crippen LogP contribution in [0.5, 0.6) is 5.75 Å². The second-order valence-corrected chi connectivity index (χ2v) is 10.2. The minimum absolute atomic E-state index is 0.688. The van der Waals surface area contributed by atoms with Crippen LogP contribution in [0, 0.1) is 6.92 Å². The molecule has 0 aliphatic carbocycles. The molecule has 0 N–H and O–H groups in total. The Morgan fingerprint density at radius 3 is 2.70 bits per heavy atom. The van der Waals surface area contributed by atoms with Gasteiger partial charge in [0.1, 0.15) is 17.2 Å². The third-order valence-corrected chi connectivity index (χ3v) is 3.47. The third-order valence-electron chi connectivity index (χ3n) is 2.63. The molecular formula is C16H21NO2Si. The molecule has 0 aliphatic rings. The van der Waals surface area contributed by atoms with E-state index in [-0.39, 0.29) is 0 Å². The van der Waals surface area contributed by atoms with Gasteiger partial charge in [-0.3, -0.25) is 4.99 Å². The van der Waals surface area contributed by atoms with Crippen molar-refractivity contribution in [2.24, 2.45) is 4.99 Å². The molecule has 0 bridgehead atoms. The third kappa shape index (κ3) is 4.38. The van der Waals surface area contributed by atoms with Gasteiger partial charge in [-0.1, -0.05) is 6.07 Å².